The van der Waals surface area contributed by atoms with E-state index in [9.17, 15) is 9.90 Å². The van der Waals surface area contributed by atoms with Gasteiger partial charge in [0.05, 0.1) is 0 Å². The molecular formula is C20H23NO2. The Kier molecular flexibility index (Phi) is 4.49. The van der Waals surface area contributed by atoms with Gasteiger partial charge in [0.15, 0.2) is 0 Å². The summed E-state index contributed by atoms with van der Waals surface area (Å²) in [5, 5.41) is 10.6. The van der Waals surface area contributed by atoms with Crippen LogP contribution in [0.3, 0.4) is 0 Å². The summed E-state index contributed by atoms with van der Waals surface area (Å²) in [6.45, 7) is 5.39. The Balaban J connectivity index is 1.81. The minimum atomic E-state index is -0.624. The van der Waals surface area contributed by atoms with E-state index >= 15 is 0 Å². The fourth-order valence-corrected chi connectivity index (χ4v) is 3.17. The molecule has 1 aliphatic rings. The van der Waals surface area contributed by atoms with Gasteiger partial charge < -0.3 is 10.0 Å². The molecule has 3 heteroatoms. The number of fused-ring (bicyclic) bond motifs is 1. The Hall–Kier alpha value is -2.13. The maximum atomic E-state index is 12.1. The summed E-state index contributed by atoms with van der Waals surface area (Å²) in [6.07, 6.45) is 0.857. The lowest BCUT2D eigenvalue weighted by atomic mass is 9.97. The van der Waals surface area contributed by atoms with Crippen molar-refractivity contribution in [2.24, 2.45) is 0 Å². The summed E-state index contributed by atoms with van der Waals surface area (Å²) >= 11 is 0. The molecule has 0 saturated carbocycles. The largest absolute Gasteiger partial charge is 0.384 e. The lowest BCUT2D eigenvalue weighted by Gasteiger charge is -2.14. The molecule has 1 unspecified atom stereocenters. The first-order valence-electron chi connectivity index (χ1n) is 8.22. The minimum absolute atomic E-state index is 0.212. The molecule has 2 aromatic rings. The summed E-state index contributed by atoms with van der Waals surface area (Å²) in [5.41, 5.74) is 5.27. The van der Waals surface area contributed by atoms with E-state index in [0.29, 0.717) is 19.5 Å². The van der Waals surface area contributed by atoms with E-state index in [2.05, 4.69) is 0 Å². The molecule has 1 atom stereocenters. The van der Waals surface area contributed by atoms with Crippen LogP contribution in [0.1, 0.15) is 53.7 Å². The van der Waals surface area contributed by atoms with Crippen LogP contribution in [0.5, 0.6) is 0 Å². The van der Waals surface area contributed by atoms with Crippen LogP contribution in [0.15, 0.2) is 42.5 Å². The fraction of sp³-hybridized carbons (Fsp3) is 0.350. The lowest BCUT2D eigenvalue weighted by Crippen LogP contribution is -2.24. The first kappa shape index (κ1) is 15.8. The zero-order valence-electron chi connectivity index (χ0n) is 13.7. The number of rotatable bonds is 4. The summed E-state index contributed by atoms with van der Waals surface area (Å²) in [5.74, 6) is 0.212. The van der Waals surface area contributed by atoms with Gasteiger partial charge in [0.1, 0.15) is 6.10 Å². The number of amides is 1. The van der Waals surface area contributed by atoms with E-state index in [1.54, 1.807) is 0 Å². The number of carbonyl (C=O) groups is 1. The van der Waals surface area contributed by atoms with E-state index in [4.69, 9.17) is 0 Å². The monoisotopic (exact) mass is 309 g/mol. The Morgan fingerprint density at radius 3 is 2.61 bits per heavy atom. The van der Waals surface area contributed by atoms with Gasteiger partial charge >= 0.3 is 0 Å². The molecule has 0 saturated heterocycles. The number of aliphatic hydroxyl groups excluding tert-OH is 1. The molecule has 3 nitrogen and oxygen atoms in total. The van der Waals surface area contributed by atoms with Gasteiger partial charge in [0.25, 0.3) is 0 Å². The molecule has 0 radical (unpaired) electrons. The molecule has 0 spiro atoms. The van der Waals surface area contributed by atoms with Crippen LogP contribution in [-0.4, -0.2) is 15.9 Å². The third-order valence-electron chi connectivity index (χ3n) is 4.44. The van der Waals surface area contributed by atoms with Crippen LogP contribution in [-0.2, 0) is 17.9 Å². The van der Waals surface area contributed by atoms with Gasteiger partial charge in [-0.05, 0) is 35.6 Å². The zero-order valence-corrected chi connectivity index (χ0v) is 13.7. The molecule has 120 valence electrons. The van der Waals surface area contributed by atoms with Crippen molar-refractivity contribution in [1.82, 2.24) is 4.90 Å². The topological polar surface area (TPSA) is 40.5 Å². The van der Waals surface area contributed by atoms with Gasteiger partial charge in [-0.2, -0.15) is 0 Å². The van der Waals surface area contributed by atoms with Crippen LogP contribution >= 0.6 is 0 Å². The summed E-state index contributed by atoms with van der Waals surface area (Å²) in [6, 6.07) is 14.0. The number of benzene rings is 2. The molecule has 0 aliphatic carbocycles. The third kappa shape index (κ3) is 3.30. The average molecular weight is 309 g/mol. The van der Waals surface area contributed by atoms with Crippen molar-refractivity contribution in [3.05, 3.63) is 70.3 Å². The maximum absolute atomic E-state index is 12.1. The van der Waals surface area contributed by atoms with E-state index in [1.807, 2.05) is 61.2 Å². The number of carbonyl (C=O) groups excluding carboxylic acids is 1. The smallest absolute Gasteiger partial charge is 0.223 e. The second-order valence-electron chi connectivity index (χ2n) is 6.34. The number of aryl methyl sites for hydroxylation is 1. The average Bonchev–Trinajstić information content (AvgIpc) is 2.97. The Bertz CT molecular complexity index is 723. The highest BCUT2D eigenvalue weighted by molar-refractivity contribution is 5.76. The predicted octanol–water partition coefficient (Wildman–Crippen LogP) is 3.72. The highest BCUT2D eigenvalue weighted by Gasteiger charge is 2.23. The van der Waals surface area contributed by atoms with Crippen molar-refractivity contribution in [3.63, 3.8) is 0 Å². The van der Waals surface area contributed by atoms with Crippen molar-refractivity contribution < 1.29 is 9.90 Å². The van der Waals surface area contributed by atoms with E-state index < -0.39 is 6.10 Å². The van der Waals surface area contributed by atoms with Crippen LogP contribution in [0.25, 0.3) is 0 Å². The van der Waals surface area contributed by atoms with E-state index in [1.165, 1.54) is 5.56 Å². The van der Waals surface area contributed by atoms with Crippen LogP contribution in [0.2, 0.25) is 0 Å². The first-order chi connectivity index (χ1) is 11.1. The Labute approximate surface area is 137 Å². The number of hydrogen-bond acceptors (Lipinski definition) is 2. The summed E-state index contributed by atoms with van der Waals surface area (Å²) in [4.78, 5) is 14.0. The third-order valence-corrected chi connectivity index (χ3v) is 4.44. The zero-order chi connectivity index (χ0) is 16.4. The molecule has 0 bridgehead atoms. The molecular weight excluding hydrogens is 286 g/mol. The van der Waals surface area contributed by atoms with Crippen molar-refractivity contribution in [3.8, 4) is 0 Å². The second kappa shape index (κ2) is 6.55. The predicted molar refractivity (Wildman–Crippen MR) is 90.8 cm³/mol. The van der Waals surface area contributed by atoms with Crippen molar-refractivity contribution in [2.75, 3.05) is 0 Å². The van der Waals surface area contributed by atoms with Gasteiger partial charge in [-0.15, -0.1) is 0 Å². The molecule has 0 aromatic heterocycles. The van der Waals surface area contributed by atoms with E-state index in [-0.39, 0.29) is 5.91 Å². The minimum Gasteiger partial charge on any atom is -0.384 e. The van der Waals surface area contributed by atoms with E-state index in [0.717, 1.165) is 28.7 Å². The molecule has 3 rings (SSSR count). The SMILES string of the molecule is CCCC(=O)N1Cc2ccc(C(O)c3cccc(C)c3)cc2C1. The second-order valence-corrected chi connectivity index (χ2v) is 6.34. The molecule has 1 amide bonds. The van der Waals surface area contributed by atoms with Crippen molar-refractivity contribution in [2.45, 2.75) is 45.9 Å². The first-order valence-corrected chi connectivity index (χ1v) is 8.22. The highest BCUT2D eigenvalue weighted by atomic mass is 16.3. The number of nitrogens with zero attached hydrogens (tertiary/aromatic N) is 1. The van der Waals surface area contributed by atoms with Gasteiger partial charge in [0.2, 0.25) is 5.91 Å². The summed E-state index contributed by atoms with van der Waals surface area (Å²) in [7, 11) is 0. The van der Waals surface area contributed by atoms with Gasteiger partial charge in [0, 0.05) is 19.5 Å². The molecule has 0 fully saturated rings. The molecule has 1 aliphatic heterocycles. The Morgan fingerprint density at radius 1 is 1.13 bits per heavy atom. The van der Waals surface area contributed by atoms with Gasteiger partial charge in [-0.3, -0.25) is 4.79 Å². The van der Waals surface area contributed by atoms with Gasteiger partial charge in [-0.1, -0.05) is 55.0 Å². The molecule has 1 N–H and O–H groups in total. The normalized spacial score (nSPS) is 14.7. The Morgan fingerprint density at radius 2 is 1.87 bits per heavy atom. The van der Waals surface area contributed by atoms with Crippen molar-refractivity contribution >= 4 is 5.91 Å². The van der Waals surface area contributed by atoms with Crippen molar-refractivity contribution in [1.29, 1.82) is 0 Å². The standard InChI is InChI=1S/C20H23NO2/c1-3-5-19(22)21-12-17-9-8-16(11-18(17)13-21)20(23)15-7-4-6-14(2)10-15/h4,6-11,20,23H,3,5,12-13H2,1-2H3. The van der Waals surface area contributed by atoms with Gasteiger partial charge in [-0.25, -0.2) is 0 Å². The highest BCUT2D eigenvalue weighted by Crippen LogP contribution is 2.29. The molecule has 23 heavy (non-hydrogen) atoms. The maximum Gasteiger partial charge on any atom is 0.223 e. The van der Waals surface area contributed by atoms with Crippen LogP contribution in [0.4, 0.5) is 0 Å². The molecule has 2 aromatic carbocycles. The number of aliphatic hydroxyl groups is 1. The lowest BCUT2D eigenvalue weighted by molar-refractivity contribution is -0.131. The quantitative estimate of drug-likeness (QED) is 0.935. The fourth-order valence-electron chi connectivity index (χ4n) is 3.17. The summed E-state index contributed by atoms with van der Waals surface area (Å²) < 4.78 is 0. The van der Waals surface area contributed by atoms with Crippen LogP contribution in [0, 0.1) is 6.92 Å². The molecule has 1 heterocycles. The van der Waals surface area contributed by atoms with Crippen LogP contribution < -0.4 is 0 Å². The number of hydrogen-bond donors (Lipinski definition) is 1.